The maximum absolute atomic E-state index is 4.62. The van der Waals surface area contributed by atoms with Crippen LogP contribution in [0.25, 0.3) is 0 Å². The van der Waals surface area contributed by atoms with Gasteiger partial charge in [-0.25, -0.2) is 4.98 Å². The SMILES string of the molecule is Cc1cn(C2CC2)c(Nc2ccccc2C(C)C)n1. The van der Waals surface area contributed by atoms with E-state index >= 15 is 0 Å². The summed E-state index contributed by atoms with van der Waals surface area (Å²) in [6.45, 7) is 6.50. The summed E-state index contributed by atoms with van der Waals surface area (Å²) in [5.41, 5.74) is 3.59. The van der Waals surface area contributed by atoms with Gasteiger partial charge in [-0.15, -0.1) is 0 Å². The van der Waals surface area contributed by atoms with Gasteiger partial charge in [-0.3, -0.25) is 0 Å². The minimum absolute atomic E-state index is 0.508. The van der Waals surface area contributed by atoms with Crippen molar-refractivity contribution in [1.29, 1.82) is 0 Å². The van der Waals surface area contributed by atoms with Crippen LogP contribution in [0.4, 0.5) is 11.6 Å². The molecule has 3 heteroatoms. The van der Waals surface area contributed by atoms with Gasteiger partial charge in [-0.05, 0) is 37.3 Å². The summed E-state index contributed by atoms with van der Waals surface area (Å²) in [4.78, 5) is 4.62. The number of hydrogen-bond donors (Lipinski definition) is 1. The molecule has 2 aromatic rings. The highest BCUT2D eigenvalue weighted by molar-refractivity contribution is 5.60. The largest absolute Gasteiger partial charge is 0.325 e. The first-order valence-corrected chi connectivity index (χ1v) is 7.06. The number of benzene rings is 1. The van der Waals surface area contributed by atoms with Crippen LogP contribution in [-0.4, -0.2) is 9.55 Å². The zero-order valence-corrected chi connectivity index (χ0v) is 11.9. The van der Waals surface area contributed by atoms with E-state index in [1.807, 2.05) is 0 Å². The maximum Gasteiger partial charge on any atom is 0.207 e. The monoisotopic (exact) mass is 255 g/mol. The van der Waals surface area contributed by atoms with Crippen LogP contribution in [-0.2, 0) is 0 Å². The van der Waals surface area contributed by atoms with Gasteiger partial charge in [0.1, 0.15) is 0 Å². The van der Waals surface area contributed by atoms with Crippen LogP contribution < -0.4 is 5.32 Å². The molecular formula is C16H21N3. The first-order valence-electron chi connectivity index (χ1n) is 7.06. The van der Waals surface area contributed by atoms with Gasteiger partial charge in [0.05, 0.1) is 5.69 Å². The number of anilines is 2. The van der Waals surface area contributed by atoms with Crippen molar-refractivity contribution in [3.8, 4) is 0 Å². The second-order valence-corrected chi connectivity index (χ2v) is 5.71. The molecule has 100 valence electrons. The predicted molar refractivity (Wildman–Crippen MR) is 79.0 cm³/mol. The van der Waals surface area contributed by atoms with Gasteiger partial charge in [-0.1, -0.05) is 32.0 Å². The van der Waals surface area contributed by atoms with Crippen molar-refractivity contribution in [2.75, 3.05) is 5.32 Å². The molecule has 0 atom stereocenters. The summed E-state index contributed by atoms with van der Waals surface area (Å²) < 4.78 is 2.28. The van der Waals surface area contributed by atoms with Gasteiger partial charge in [0, 0.05) is 17.9 Å². The van der Waals surface area contributed by atoms with Gasteiger partial charge in [0.25, 0.3) is 0 Å². The number of aromatic nitrogens is 2. The Kier molecular flexibility index (Phi) is 3.05. The summed E-state index contributed by atoms with van der Waals surface area (Å²) in [6.07, 6.45) is 4.70. The fourth-order valence-corrected chi connectivity index (χ4v) is 2.47. The van der Waals surface area contributed by atoms with Crippen LogP contribution in [0.1, 0.15) is 49.9 Å². The van der Waals surface area contributed by atoms with Crippen LogP contribution in [0.3, 0.4) is 0 Å². The first-order chi connectivity index (χ1) is 9.15. The molecule has 0 amide bonds. The number of nitrogens with one attached hydrogen (secondary N) is 1. The lowest BCUT2D eigenvalue weighted by atomic mass is 10.0. The van der Waals surface area contributed by atoms with Crippen molar-refractivity contribution in [2.45, 2.75) is 45.6 Å². The number of aryl methyl sites for hydroxylation is 1. The standard InChI is InChI=1S/C16H21N3/c1-11(2)14-6-4-5-7-15(14)18-16-17-12(3)10-19(16)13-8-9-13/h4-7,10-11,13H,8-9H2,1-3H3,(H,17,18). The van der Waals surface area contributed by atoms with Crippen molar-refractivity contribution >= 4 is 11.6 Å². The molecular weight excluding hydrogens is 234 g/mol. The van der Waals surface area contributed by atoms with Gasteiger partial charge in [0.15, 0.2) is 0 Å². The lowest BCUT2D eigenvalue weighted by Crippen LogP contribution is -2.04. The van der Waals surface area contributed by atoms with E-state index in [0.717, 1.165) is 11.6 Å². The van der Waals surface area contributed by atoms with E-state index in [-0.39, 0.29) is 0 Å². The summed E-state index contributed by atoms with van der Waals surface area (Å²) in [5, 5.41) is 3.52. The molecule has 1 aliphatic rings. The topological polar surface area (TPSA) is 29.9 Å². The minimum Gasteiger partial charge on any atom is -0.325 e. The highest BCUT2D eigenvalue weighted by Gasteiger charge is 2.26. The molecule has 3 rings (SSSR count). The Morgan fingerprint density at radius 2 is 2.00 bits per heavy atom. The first kappa shape index (κ1) is 12.3. The normalized spacial score (nSPS) is 14.9. The lowest BCUT2D eigenvalue weighted by molar-refractivity contribution is 0.749. The van der Waals surface area contributed by atoms with Crippen LogP contribution >= 0.6 is 0 Å². The van der Waals surface area contributed by atoms with Crippen molar-refractivity contribution in [2.24, 2.45) is 0 Å². The molecule has 19 heavy (non-hydrogen) atoms. The van der Waals surface area contributed by atoms with Gasteiger partial charge >= 0.3 is 0 Å². The van der Waals surface area contributed by atoms with E-state index in [9.17, 15) is 0 Å². The van der Waals surface area contributed by atoms with Crippen molar-refractivity contribution in [1.82, 2.24) is 9.55 Å². The molecule has 3 nitrogen and oxygen atoms in total. The maximum atomic E-state index is 4.62. The summed E-state index contributed by atoms with van der Waals surface area (Å²) >= 11 is 0. The van der Waals surface area contributed by atoms with Crippen LogP contribution in [0, 0.1) is 6.92 Å². The zero-order chi connectivity index (χ0) is 13.4. The highest BCUT2D eigenvalue weighted by atomic mass is 15.2. The molecule has 0 bridgehead atoms. The van der Waals surface area contributed by atoms with Crippen molar-refractivity contribution in [3.63, 3.8) is 0 Å². The Morgan fingerprint density at radius 3 is 2.68 bits per heavy atom. The molecule has 1 aromatic carbocycles. The van der Waals surface area contributed by atoms with Crippen molar-refractivity contribution < 1.29 is 0 Å². The van der Waals surface area contributed by atoms with E-state index in [1.165, 1.54) is 24.1 Å². The average molecular weight is 255 g/mol. The second kappa shape index (κ2) is 4.72. The van der Waals surface area contributed by atoms with Crippen LogP contribution in [0.5, 0.6) is 0 Å². The van der Waals surface area contributed by atoms with Gasteiger partial charge < -0.3 is 9.88 Å². The third kappa shape index (κ3) is 2.50. The fourth-order valence-electron chi connectivity index (χ4n) is 2.47. The molecule has 0 saturated heterocycles. The Labute approximate surface area is 114 Å². The third-order valence-corrected chi connectivity index (χ3v) is 3.62. The van der Waals surface area contributed by atoms with E-state index < -0.39 is 0 Å². The van der Waals surface area contributed by atoms with E-state index in [4.69, 9.17) is 0 Å². The quantitative estimate of drug-likeness (QED) is 0.878. The Balaban J connectivity index is 1.93. The summed E-state index contributed by atoms with van der Waals surface area (Å²) in [7, 11) is 0. The number of rotatable bonds is 4. The molecule has 0 spiro atoms. The zero-order valence-electron chi connectivity index (χ0n) is 11.9. The number of nitrogens with zero attached hydrogens (tertiary/aromatic N) is 2. The number of imidazole rings is 1. The smallest absolute Gasteiger partial charge is 0.207 e. The fraction of sp³-hybridized carbons (Fsp3) is 0.438. The van der Waals surface area contributed by atoms with Crippen LogP contribution in [0.15, 0.2) is 30.5 Å². The Bertz CT molecular complexity index is 579. The van der Waals surface area contributed by atoms with E-state index in [1.54, 1.807) is 0 Å². The molecule has 0 unspecified atom stereocenters. The summed E-state index contributed by atoms with van der Waals surface area (Å²) in [5.74, 6) is 1.49. The predicted octanol–water partition coefficient (Wildman–Crippen LogP) is 4.39. The summed E-state index contributed by atoms with van der Waals surface area (Å²) in [6, 6.07) is 9.14. The molecule has 1 saturated carbocycles. The molecule has 0 aliphatic heterocycles. The number of para-hydroxylation sites is 1. The molecule has 1 fully saturated rings. The highest BCUT2D eigenvalue weighted by Crippen LogP contribution is 2.38. The molecule has 1 N–H and O–H groups in total. The van der Waals surface area contributed by atoms with E-state index in [0.29, 0.717) is 12.0 Å². The minimum atomic E-state index is 0.508. The number of hydrogen-bond acceptors (Lipinski definition) is 2. The Hall–Kier alpha value is -1.77. The molecule has 1 aromatic heterocycles. The molecule has 0 radical (unpaired) electrons. The lowest BCUT2D eigenvalue weighted by Gasteiger charge is -2.15. The second-order valence-electron chi connectivity index (χ2n) is 5.71. The third-order valence-electron chi connectivity index (χ3n) is 3.62. The average Bonchev–Trinajstić information content (AvgIpc) is 3.15. The van der Waals surface area contributed by atoms with Crippen molar-refractivity contribution in [3.05, 3.63) is 41.7 Å². The van der Waals surface area contributed by atoms with Crippen LogP contribution in [0.2, 0.25) is 0 Å². The Morgan fingerprint density at radius 1 is 1.26 bits per heavy atom. The molecule has 1 aliphatic carbocycles. The van der Waals surface area contributed by atoms with Gasteiger partial charge in [0.2, 0.25) is 5.95 Å². The van der Waals surface area contributed by atoms with Gasteiger partial charge in [-0.2, -0.15) is 0 Å². The van der Waals surface area contributed by atoms with E-state index in [2.05, 4.69) is 66.1 Å². The molecule has 1 heterocycles.